The van der Waals surface area contributed by atoms with Gasteiger partial charge in [0.25, 0.3) is 5.24 Å². The molecule has 0 spiro atoms. The molecule has 2 N–H and O–H groups in total. The Kier molecular flexibility index (Phi) is 4.60. The van der Waals surface area contributed by atoms with Crippen molar-refractivity contribution >= 4 is 50.9 Å². The number of nitrogens with two attached hydrogens (primary N) is 1. The third kappa shape index (κ3) is 2.66. The van der Waals surface area contributed by atoms with Crippen LogP contribution in [0.3, 0.4) is 0 Å². The lowest BCUT2D eigenvalue weighted by atomic mass is 10.2. The molecule has 0 amide bonds. The molecule has 0 aliphatic carbocycles. The molecule has 12 heavy (non-hydrogen) atoms. The molecule has 2 nitrogen and oxygen atoms in total. The second kappa shape index (κ2) is 4.70. The molecule has 0 saturated heterocycles. The molecule has 1 aromatic rings. The van der Waals surface area contributed by atoms with Crippen molar-refractivity contribution in [2.75, 3.05) is 5.73 Å². The van der Waals surface area contributed by atoms with E-state index in [4.69, 9.17) is 17.3 Å². The van der Waals surface area contributed by atoms with Crippen LogP contribution in [-0.4, -0.2) is 5.24 Å². The van der Waals surface area contributed by atoms with Crippen LogP contribution in [0.5, 0.6) is 0 Å². The van der Waals surface area contributed by atoms with Crippen molar-refractivity contribution < 1.29 is 4.79 Å². The van der Waals surface area contributed by atoms with E-state index in [1.54, 1.807) is 18.2 Å². The molecule has 0 aromatic heterocycles. The van der Waals surface area contributed by atoms with Crippen LogP contribution in [-0.2, 0) is 0 Å². The first-order valence-electron chi connectivity index (χ1n) is 2.86. The van der Waals surface area contributed by atoms with Gasteiger partial charge in [0.2, 0.25) is 0 Å². The molecule has 0 aliphatic rings. The van der Waals surface area contributed by atoms with Gasteiger partial charge in [0.15, 0.2) is 0 Å². The highest BCUT2D eigenvalue weighted by molar-refractivity contribution is 9.10. The van der Waals surface area contributed by atoms with Crippen molar-refractivity contribution in [1.29, 1.82) is 0 Å². The van der Waals surface area contributed by atoms with E-state index in [1.807, 2.05) is 0 Å². The minimum absolute atomic E-state index is 0. The van der Waals surface area contributed by atoms with Gasteiger partial charge < -0.3 is 5.73 Å². The summed E-state index contributed by atoms with van der Waals surface area (Å²) in [5, 5.41) is -0.481. The number of hydrogen-bond acceptors (Lipinski definition) is 2. The third-order valence-electron chi connectivity index (χ3n) is 1.23. The van der Waals surface area contributed by atoms with E-state index in [-0.39, 0.29) is 12.4 Å². The van der Waals surface area contributed by atoms with E-state index in [0.29, 0.717) is 15.7 Å². The van der Waals surface area contributed by atoms with Crippen LogP contribution >= 0.6 is 39.9 Å². The molecule has 0 atom stereocenters. The first kappa shape index (κ1) is 11.8. The van der Waals surface area contributed by atoms with Crippen molar-refractivity contribution in [3.8, 4) is 0 Å². The summed E-state index contributed by atoms with van der Waals surface area (Å²) in [7, 11) is 0. The van der Waals surface area contributed by atoms with Gasteiger partial charge in [-0.2, -0.15) is 0 Å². The fourth-order valence-corrected chi connectivity index (χ4v) is 1.15. The molecule has 1 aromatic carbocycles. The van der Waals surface area contributed by atoms with Crippen LogP contribution in [0.2, 0.25) is 0 Å². The van der Waals surface area contributed by atoms with Gasteiger partial charge >= 0.3 is 0 Å². The highest BCUT2D eigenvalue weighted by Crippen LogP contribution is 2.20. The number of rotatable bonds is 1. The average molecular weight is 271 g/mol. The van der Waals surface area contributed by atoms with E-state index in [9.17, 15) is 4.79 Å². The maximum absolute atomic E-state index is 10.6. The molecule has 0 heterocycles. The van der Waals surface area contributed by atoms with Gasteiger partial charge in [-0.15, -0.1) is 12.4 Å². The molecule has 0 radical (unpaired) electrons. The molecule has 66 valence electrons. The van der Waals surface area contributed by atoms with Crippen LogP contribution < -0.4 is 5.73 Å². The van der Waals surface area contributed by atoms with Crippen LogP contribution in [0.1, 0.15) is 10.4 Å². The Morgan fingerprint density at radius 2 is 2.08 bits per heavy atom. The zero-order valence-electron chi connectivity index (χ0n) is 5.88. The Morgan fingerprint density at radius 3 is 2.50 bits per heavy atom. The van der Waals surface area contributed by atoms with E-state index in [2.05, 4.69) is 15.9 Å². The van der Waals surface area contributed by atoms with Crippen molar-refractivity contribution in [3.63, 3.8) is 0 Å². The number of anilines is 1. The Bertz CT molecular complexity index is 303. The standard InChI is InChI=1S/C7H5BrClNO.ClH/c8-5-3-4(7(9)11)1-2-6(5)10;/h1-3H,10H2;1H. The minimum Gasteiger partial charge on any atom is -0.398 e. The Morgan fingerprint density at radius 1 is 1.50 bits per heavy atom. The number of halogens is 3. The second-order valence-electron chi connectivity index (χ2n) is 2.01. The molecule has 0 aliphatic heterocycles. The number of carbonyl (C=O) groups is 1. The van der Waals surface area contributed by atoms with E-state index in [0.717, 1.165) is 0 Å². The van der Waals surface area contributed by atoms with Crippen molar-refractivity contribution in [2.45, 2.75) is 0 Å². The van der Waals surface area contributed by atoms with Gasteiger partial charge in [0.05, 0.1) is 0 Å². The highest BCUT2D eigenvalue weighted by atomic mass is 79.9. The van der Waals surface area contributed by atoms with Crippen molar-refractivity contribution in [1.82, 2.24) is 0 Å². The summed E-state index contributed by atoms with van der Waals surface area (Å²) in [6.07, 6.45) is 0. The van der Waals surface area contributed by atoms with Gasteiger partial charge in [-0.25, -0.2) is 0 Å². The van der Waals surface area contributed by atoms with E-state index >= 15 is 0 Å². The first-order chi connectivity index (χ1) is 5.11. The van der Waals surface area contributed by atoms with Crippen LogP contribution in [0.25, 0.3) is 0 Å². The molecular formula is C7H6BrCl2NO. The monoisotopic (exact) mass is 269 g/mol. The molecule has 0 bridgehead atoms. The predicted molar refractivity (Wildman–Crippen MR) is 56.0 cm³/mol. The smallest absolute Gasteiger partial charge is 0.252 e. The number of benzene rings is 1. The number of hydrogen-bond donors (Lipinski definition) is 1. The number of nitrogen functional groups attached to an aromatic ring is 1. The quantitative estimate of drug-likeness (QED) is 0.630. The topological polar surface area (TPSA) is 43.1 Å². The fraction of sp³-hybridized carbons (Fsp3) is 0. The molecular weight excluding hydrogens is 265 g/mol. The Labute approximate surface area is 89.6 Å². The van der Waals surface area contributed by atoms with E-state index < -0.39 is 5.24 Å². The molecule has 0 unspecified atom stereocenters. The average Bonchev–Trinajstić information content (AvgIpc) is 1.94. The SMILES string of the molecule is Cl.Nc1ccc(C(=O)Cl)cc1Br. The maximum atomic E-state index is 10.6. The first-order valence-corrected chi connectivity index (χ1v) is 4.03. The normalized spacial score (nSPS) is 8.83. The second-order valence-corrected chi connectivity index (χ2v) is 3.21. The fourth-order valence-electron chi connectivity index (χ4n) is 0.649. The largest absolute Gasteiger partial charge is 0.398 e. The lowest BCUT2D eigenvalue weighted by molar-refractivity contribution is 0.108. The number of carbonyl (C=O) groups excluding carboxylic acids is 1. The van der Waals surface area contributed by atoms with Crippen LogP contribution in [0.15, 0.2) is 22.7 Å². The van der Waals surface area contributed by atoms with Gasteiger partial charge in [0.1, 0.15) is 0 Å². The van der Waals surface area contributed by atoms with Gasteiger partial charge in [0, 0.05) is 15.7 Å². The zero-order valence-corrected chi connectivity index (χ0v) is 9.04. The minimum atomic E-state index is -0.481. The van der Waals surface area contributed by atoms with Gasteiger partial charge in [-0.3, -0.25) is 4.79 Å². The molecule has 1 rings (SSSR count). The zero-order chi connectivity index (χ0) is 8.43. The van der Waals surface area contributed by atoms with Crippen molar-refractivity contribution in [2.24, 2.45) is 0 Å². The molecule has 5 heteroatoms. The van der Waals surface area contributed by atoms with Crippen LogP contribution in [0, 0.1) is 0 Å². The highest BCUT2D eigenvalue weighted by Gasteiger charge is 2.02. The summed E-state index contributed by atoms with van der Waals surface area (Å²) < 4.78 is 0.684. The van der Waals surface area contributed by atoms with Gasteiger partial charge in [-0.1, -0.05) is 0 Å². The predicted octanol–water partition coefficient (Wildman–Crippen LogP) is 2.83. The van der Waals surface area contributed by atoms with Gasteiger partial charge in [-0.05, 0) is 45.7 Å². The molecule has 0 fully saturated rings. The lowest BCUT2D eigenvalue weighted by Gasteiger charge is -1.98. The summed E-state index contributed by atoms with van der Waals surface area (Å²) in [6, 6.07) is 4.79. The third-order valence-corrected chi connectivity index (χ3v) is 2.13. The summed E-state index contributed by atoms with van der Waals surface area (Å²) in [5.74, 6) is 0. The summed E-state index contributed by atoms with van der Waals surface area (Å²) in [4.78, 5) is 10.6. The Hall–Kier alpha value is -0.250. The summed E-state index contributed by atoms with van der Waals surface area (Å²) >= 11 is 8.41. The van der Waals surface area contributed by atoms with E-state index in [1.165, 1.54) is 0 Å². The maximum Gasteiger partial charge on any atom is 0.252 e. The van der Waals surface area contributed by atoms with Crippen molar-refractivity contribution in [3.05, 3.63) is 28.2 Å². The molecule has 0 saturated carbocycles. The summed E-state index contributed by atoms with van der Waals surface area (Å²) in [5.41, 5.74) is 6.51. The summed E-state index contributed by atoms with van der Waals surface area (Å²) in [6.45, 7) is 0. The Balaban J connectivity index is 0.00000121. The lowest BCUT2D eigenvalue weighted by Crippen LogP contribution is -1.91. The van der Waals surface area contributed by atoms with Crippen LogP contribution in [0.4, 0.5) is 5.69 Å².